The number of hydrogen-bond donors (Lipinski definition) is 0. The van der Waals surface area contributed by atoms with Crippen LogP contribution in [0.5, 0.6) is 5.88 Å². The lowest BCUT2D eigenvalue weighted by molar-refractivity contribution is 0.395. The molecule has 0 saturated carbocycles. The van der Waals surface area contributed by atoms with Crippen LogP contribution in [0, 0.1) is 18.6 Å². The highest BCUT2D eigenvalue weighted by atomic mass is 19.2. The van der Waals surface area contributed by atoms with E-state index in [2.05, 4.69) is 20.1 Å². The molecule has 5 rings (SSSR count). The molecule has 1 aliphatic heterocycles. The summed E-state index contributed by atoms with van der Waals surface area (Å²) in [6.45, 7) is 2.51. The van der Waals surface area contributed by atoms with Crippen LogP contribution in [0.4, 0.5) is 8.78 Å². The number of nitrogens with zero attached hydrogens (tertiary/aromatic N) is 6. The Morgan fingerprint density at radius 3 is 2.78 bits per heavy atom. The van der Waals surface area contributed by atoms with Crippen molar-refractivity contribution in [1.29, 1.82) is 0 Å². The topological polar surface area (TPSA) is 70.7 Å². The lowest BCUT2D eigenvalue weighted by Crippen LogP contribution is -2.03. The maximum Gasteiger partial charge on any atom is 0.238 e. The zero-order valence-corrected chi connectivity index (χ0v) is 17.5. The lowest BCUT2D eigenvalue weighted by Gasteiger charge is -2.09. The van der Waals surface area contributed by atoms with E-state index in [0.717, 1.165) is 17.4 Å². The van der Waals surface area contributed by atoms with Crippen LogP contribution >= 0.6 is 0 Å². The molecule has 0 amide bonds. The predicted molar refractivity (Wildman–Crippen MR) is 114 cm³/mol. The highest BCUT2D eigenvalue weighted by molar-refractivity contribution is 5.65. The van der Waals surface area contributed by atoms with Gasteiger partial charge in [0.1, 0.15) is 11.5 Å². The van der Waals surface area contributed by atoms with Gasteiger partial charge in [-0.05, 0) is 43.7 Å². The van der Waals surface area contributed by atoms with E-state index in [9.17, 15) is 8.78 Å². The van der Waals surface area contributed by atoms with Gasteiger partial charge in [-0.1, -0.05) is 12.1 Å². The Balaban J connectivity index is 1.40. The van der Waals surface area contributed by atoms with E-state index < -0.39 is 11.6 Å². The van der Waals surface area contributed by atoms with Crippen molar-refractivity contribution in [2.24, 2.45) is 0 Å². The second-order valence-electron chi connectivity index (χ2n) is 7.56. The highest BCUT2D eigenvalue weighted by Crippen LogP contribution is 2.34. The average molecular weight is 434 g/mol. The van der Waals surface area contributed by atoms with Crippen LogP contribution in [0.15, 0.2) is 42.9 Å². The van der Waals surface area contributed by atoms with Crippen LogP contribution in [0.2, 0.25) is 0 Å². The minimum absolute atomic E-state index is 0.309. The van der Waals surface area contributed by atoms with Gasteiger partial charge >= 0.3 is 0 Å². The number of aryl methyl sites for hydroxylation is 2. The SMILES string of the molecule is COc1nc(C=Cc2nc3n(n2)CC[C@H]3c2cccc(F)c2F)ccc1-n1cnc(C)c1. The van der Waals surface area contributed by atoms with Gasteiger partial charge in [-0.25, -0.2) is 28.4 Å². The maximum absolute atomic E-state index is 14.3. The number of pyridine rings is 1. The summed E-state index contributed by atoms with van der Waals surface area (Å²) in [6.07, 6.45) is 7.76. The highest BCUT2D eigenvalue weighted by Gasteiger charge is 2.30. The molecule has 4 heterocycles. The lowest BCUT2D eigenvalue weighted by atomic mass is 9.96. The Hall–Kier alpha value is -3.88. The fourth-order valence-electron chi connectivity index (χ4n) is 3.93. The van der Waals surface area contributed by atoms with Crippen molar-refractivity contribution in [3.63, 3.8) is 0 Å². The molecule has 0 fully saturated rings. The first kappa shape index (κ1) is 20.0. The molecular weight excluding hydrogens is 414 g/mol. The summed E-state index contributed by atoms with van der Waals surface area (Å²) >= 11 is 0. The zero-order valence-electron chi connectivity index (χ0n) is 17.5. The third-order valence-electron chi connectivity index (χ3n) is 5.46. The van der Waals surface area contributed by atoms with Crippen molar-refractivity contribution in [3.8, 4) is 11.6 Å². The number of rotatable bonds is 5. The molecule has 0 saturated heterocycles. The molecule has 0 radical (unpaired) electrons. The van der Waals surface area contributed by atoms with Crippen molar-refractivity contribution < 1.29 is 13.5 Å². The summed E-state index contributed by atoms with van der Waals surface area (Å²) in [5, 5.41) is 4.48. The van der Waals surface area contributed by atoms with E-state index in [1.807, 2.05) is 29.8 Å². The summed E-state index contributed by atoms with van der Waals surface area (Å²) < 4.78 is 37.0. The van der Waals surface area contributed by atoms with Crippen molar-refractivity contribution in [1.82, 2.24) is 29.3 Å². The molecule has 4 aromatic rings. The number of halogens is 2. The third kappa shape index (κ3) is 3.55. The first-order valence-corrected chi connectivity index (χ1v) is 10.2. The number of fused-ring (bicyclic) bond motifs is 1. The summed E-state index contributed by atoms with van der Waals surface area (Å²) in [4.78, 5) is 13.3. The predicted octanol–water partition coefficient (Wildman–Crippen LogP) is 4.16. The first-order chi connectivity index (χ1) is 15.5. The summed E-state index contributed by atoms with van der Waals surface area (Å²) in [7, 11) is 1.57. The molecule has 0 unspecified atom stereocenters. The minimum Gasteiger partial charge on any atom is -0.479 e. The average Bonchev–Trinajstić information content (AvgIpc) is 3.50. The largest absolute Gasteiger partial charge is 0.479 e. The molecule has 0 N–H and O–H groups in total. The normalized spacial score (nSPS) is 15.4. The van der Waals surface area contributed by atoms with E-state index in [0.29, 0.717) is 41.8 Å². The number of imidazole rings is 1. The summed E-state index contributed by atoms with van der Waals surface area (Å²) in [6, 6.07) is 7.99. The molecule has 3 aromatic heterocycles. The zero-order chi connectivity index (χ0) is 22.2. The van der Waals surface area contributed by atoms with Gasteiger partial charge in [-0.2, -0.15) is 5.10 Å². The Labute approximate surface area is 183 Å². The van der Waals surface area contributed by atoms with Crippen LogP contribution in [0.1, 0.15) is 40.9 Å². The second kappa shape index (κ2) is 7.99. The Kier molecular flexibility index (Phi) is 5.01. The van der Waals surface area contributed by atoms with Crippen molar-refractivity contribution >= 4 is 12.2 Å². The van der Waals surface area contributed by atoms with E-state index in [4.69, 9.17) is 4.74 Å². The van der Waals surface area contributed by atoms with Crippen molar-refractivity contribution in [3.05, 3.63) is 83.1 Å². The summed E-state index contributed by atoms with van der Waals surface area (Å²) in [5.74, 6) is -0.421. The monoisotopic (exact) mass is 434 g/mol. The quantitative estimate of drug-likeness (QED) is 0.472. The van der Waals surface area contributed by atoms with Gasteiger partial charge < -0.3 is 9.30 Å². The molecule has 0 spiro atoms. The van der Waals surface area contributed by atoms with Crippen LogP contribution in [-0.4, -0.2) is 36.4 Å². The number of hydrogen-bond acceptors (Lipinski definition) is 5. The molecule has 162 valence electrons. The van der Waals surface area contributed by atoms with E-state index in [1.54, 1.807) is 36.3 Å². The van der Waals surface area contributed by atoms with Gasteiger partial charge in [0.15, 0.2) is 17.5 Å². The van der Waals surface area contributed by atoms with Gasteiger partial charge in [0.25, 0.3) is 0 Å². The van der Waals surface area contributed by atoms with E-state index >= 15 is 0 Å². The van der Waals surface area contributed by atoms with Crippen LogP contribution in [0.3, 0.4) is 0 Å². The fraction of sp³-hybridized carbons (Fsp3) is 0.217. The van der Waals surface area contributed by atoms with E-state index in [1.165, 1.54) is 6.07 Å². The summed E-state index contributed by atoms with van der Waals surface area (Å²) in [5.41, 5.74) is 2.66. The molecular formula is C23H20F2N6O. The number of benzene rings is 1. The van der Waals surface area contributed by atoms with Crippen LogP contribution < -0.4 is 4.74 Å². The smallest absolute Gasteiger partial charge is 0.238 e. The molecule has 9 heteroatoms. The standard InChI is InChI=1S/C23H20F2N6O/c1-14-12-30(13-26-14)19-8-6-15(27-23(19)32-2)7-9-20-28-22-17(10-11-31(22)29-20)16-4-3-5-18(24)21(16)25/h3-9,12-13,17H,10-11H2,1-2H3/t17-/m0/s1. The number of ether oxygens (including phenoxy) is 1. The minimum atomic E-state index is -0.852. The second-order valence-corrected chi connectivity index (χ2v) is 7.56. The molecule has 0 aliphatic carbocycles. The molecule has 1 atom stereocenters. The van der Waals surface area contributed by atoms with Gasteiger partial charge in [-0.3, -0.25) is 0 Å². The molecule has 7 nitrogen and oxygen atoms in total. The Morgan fingerprint density at radius 1 is 1.12 bits per heavy atom. The fourth-order valence-corrected chi connectivity index (χ4v) is 3.93. The number of methoxy groups -OCH3 is 1. The molecule has 1 aliphatic rings. The van der Waals surface area contributed by atoms with Gasteiger partial charge in [0, 0.05) is 24.2 Å². The van der Waals surface area contributed by atoms with E-state index in [-0.39, 0.29) is 5.92 Å². The third-order valence-corrected chi connectivity index (χ3v) is 5.46. The first-order valence-electron chi connectivity index (χ1n) is 10.2. The molecule has 1 aromatic carbocycles. The van der Waals surface area contributed by atoms with Crippen molar-refractivity contribution in [2.75, 3.05) is 7.11 Å². The van der Waals surface area contributed by atoms with Gasteiger partial charge in [-0.15, -0.1) is 0 Å². The van der Waals surface area contributed by atoms with Gasteiger partial charge in [0.2, 0.25) is 5.88 Å². The van der Waals surface area contributed by atoms with Gasteiger partial charge in [0.05, 0.1) is 24.8 Å². The Bertz CT molecular complexity index is 1330. The maximum atomic E-state index is 14.3. The Morgan fingerprint density at radius 2 is 2.00 bits per heavy atom. The van der Waals surface area contributed by atoms with Crippen molar-refractivity contribution in [2.45, 2.75) is 25.8 Å². The van der Waals surface area contributed by atoms with Crippen LogP contribution in [0.25, 0.3) is 17.8 Å². The molecule has 0 bridgehead atoms. The number of aromatic nitrogens is 6. The van der Waals surface area contributed by atoms with Crippen LogP contribution in [-0.2, 0) is 6.54 Å². The molecule has 32 heavy (non-hydrogen) atoms.